The van der Waals surface area contributed by atoms with Crippen LogP contribution in [0.1, 0.15) is 49.3 Å². The first-order valence-electron chi connectivity index (χ1n) is 10.6. The molecule has 2 aliphatic heterocycles. The first kappa shape index (κ1) is 19.6. The number of likely N-dealkylation sites (tertiary alicyclic amines) is 1. The number of carbonyl (C=O) groups is 1. The quantitative estimate of drug-likeness (QED) is 0.765. The molecule has 5 heteroatoms. The van der Waals surface area contributed by atoms with Crippen molar-refractivity contribution < 1.29 is 9.53 Å². The maximum atomic E-state index is 13.3. The second-order valence-corrected chi connectivity index (χ2v) is 7.83. The Balaban J connectivity index is 1.57. The Morgan fingerprint density at radius 3 is 2.34 bits per heavy atom. The standard InChI is InChI=1S/C24H29N3O2/c1-29-21-13-11-20(12-14-21)23-17-22(19-9-5-4-6-10-19)25-27(23)24(28)18-26-15-7-2-3-8-16-26/h4-6,9-14,23H,2-3,7-8,15-18H2,1H3. The maximum Gasteiger partial charge on any atom is 0.257 e. The van der Waals surface area contributed by atoms with Gasteiger partial charge < -0.3 is 4.74 Å². The van der Waals surface area contributed by atoms with Crippen LogP contribution in [0, 0.1) is 0 Å². The molecular formula is C24H29N3O2. The van der Waals surface area contributed by atoms with Crippen molar-refractivity contribution in [1.82, 2.24) is 9.91 Å². The van der Waals surface area contributed by atoms with Crippen LogP contribution in [0.4, 0.5) is 0 Å². The Bertz CT molecular complexity index is 840. The Morgan fingerprint density at radius 2 is 1.69 bits per heavy atom. The van der Waals surface area contributed by atoms with E-state index in [1.807, 2.05) is 42.5 Å². The molecule has 1 fully saturated rings. The number of hydrazone groups is 1. The van der Waals surface area contributed by atoms with Gasteiger partial charge in [-0.05, 0) is 49.2 Å². The molecular weight excluding hydrogens is 362 g/mol. The van der Waals surface area contributed by atoms with E-state index >= 15 is 0 Å². The third kappa shape index (κ3) is 4.67. The molecule has 1 atom stereocenters. The van der Waals surface area contributed by atoms with Crippen LogP contribution >= 0.6 is 0 Å². The fourth-order valence-electron chi connectivity index (χ4n) is 4.19. The SMILES string of the molecule is COc1ccc(C2CC(c3ccccc3)=NN2C(=O)CN2CCCCCC2)cc1. The highest BCUT2D eigenvalue weighted by molar-refractivity contribution is 6.03. The Kier molecular flexibility index (Phi) is 6.25. The van der Waals surface area contributed by atoms with Gasteiger partial charge in [-0.3, -0.25) is 9.69 Å². The van der Waals surface area contributed by atoms with Crippen LogP contribution in [0.5, 0.6) is 5.75 Å². The molecule has 2 aliphatic rings. The van der Waals surface area contributed by atoms with Gasteiger partial charge in [0.1, 0.15) is 5.75 Å². The predicted molar refractivity (Wildman–Crippen MR) is 115 cm³/mol. The minimum absolute atomic E-state index is 0.0735. The van der Waals surface area contributed by atoms with Gasteiger partial charge in [0.2, 0.25) is 0 Å². The number of ether oxygens (including phenoxy) is 1. The largest absolute Gasteiger partial charge is 0.497 e. The lowest BCUT2D eigenvalue weighted by Gasteiger charge is -2.26. The van der Waals surface area contributed by atoms with Gasteiger partial charge in [-0.15, -0.1) is 0 Å². The zero-order valence-electron chi connectivity index (χ0n) is 17.1. The van der Waals surface area contributed by atoms with Crippen LogP contribution < -0.4 is 4.74 Å². The predicted octanol–water partition coefficient (Wildman–Crippen LogP) is 4.25. The fraction of sp³-hybridized carbons (Fsp3) is 0.417. The molecule has 0 spiro atoms. The van der Waals surface area contributed by atoms with E-state index in [-0.39, 0.29) is 11.9 Å². The van der Waals surface area contributed by atoms with E-state index in [1.165, 1.54) is 25.7 Å². The van der Waals surface area contributed by atoms with E-state index in [9.17, 15) is 4.79 Å². The molecule has 0 saturated carbocycles. The summed E-state index contributed by atoms with van der Waals surface area (Å²) < 4.78 is 5.29. The monoisotopic (exact) mass is 391 g/mol. The summed E-state index contributed by atoms with van der Waals surface area (Å²) in [5, 5.41) is 6.51. The van der Waals surface area contributed by atoms with Gasteiger partial charge in [0, 0.05) is 6.42 Å². The van der Waals surface area contributed by atoms with Crippen LogP contribution in [0.3, 0.4) is 0 Å². The van der Waals surface area contributed by atoms with Crippen molar-refractivity contribution in [2.45, 2.75) is 38.1 Å². The van der Waals surface area contributed by atoms with E-state index in [2.05, 4.69) is 17.0 Å². The van der Waals surface area contributed by atoms with Crippen LogP contribution in [0.15, 0.2) is 59.7 Å². The second kappa shape index (κ2) is 9.23. The molecule has 29 heavy (non-hydrogen) atoms. The van der Waals surface area contributed by atoms with Crippen LogP contribution in [0.25, 0.3) is 0 Å². The van der Waals surface area contributed by atoms with Crippen molar-refractivity contribution in [1.29, 1.82) is 0 Å². The van der Waals surface area contributed by atoms with Crippen LogP contribution in [-0.4, -0.2) is 48.3 Å². The zero-order chi connectivity index (χ0) is 20.1. The molecule has 0 radical (unpaired) electrons. The summed E-state index contributed by atoms with van der Waals surface area (Å²) in [6.07, 6.45) is 5.60. The highest BCUT2D eigenvalue weighted by Gasteiger charge is 2.33. The molecule has 1 saturated heterocycles. The molecule has 2 heterocycles. The summed E-state index contributed by atoms with van der Waals surface area (Å²) in [5.41, 5.74) is 3.14. The van der Waals surface area contributed by atoms with Crippen molar-refractivity contribution in [3.8, 4) is 5.75 Å². The Labute approximate surface area is 173 Å². The lowest BCUT2D eigenvalue weighted by Crippen LogP contribution is -2.38. The van der Waals surface area contributed by atoms with Gasteiger partial charge in [-0.1, -0.05) is 55.3 Å². The molecule has 152 valence electrons. The summed E-state index contributed by atoms with van der Waals surface area (Å²) in [4.78, 5) is 15.6. The average Bonchev–Trinajstić information content (AvgIpc) is 3.06. The molecule has 0 bridgehead atoms. The first-order valence-corrected chi connectivity index (χ1v) is 10.6. The summed E-state index contributed by atoms with van der Waals surface area (Å²) in [5.74, 6) is 0.900. The number of carbonyl (C=O) groups excluding carboxylic acids is 1. The molecule has 2 aromatic rings. The minimum Gasteiger partial charge on any atom is -0.497 e. The minimum atomic E-state index is -0.0735. The Morgan fingerprint density at radius 1 is 1.00 bits per heavy atom. The Hall–Kier alpha value is -2.66. The smallest absolute Gasteiger partial charge is 0.257 e. The van der Waals surface area contributed by atoms with Crippen molar-refractivity contribution in [2.24, 2.45) is 5.10 Å². The zero-order valence-corrected chi connectivity index (χ0v) is 17.1. The third-order valence-corrected chi connectivity index (χ3v) is 5.83. The van der Waals surface area contributed by atoms with Gasteiger partial charge >= 0.3 is 0 Å². The van der Waals surface area contributed by atoms with Crippen molar-refractivity contribution in [3.63, 3.8) is 0 Å². The normalized spacial score (nSPS) is 20.2. The highest BCUT2D eigenvalue weighted by Crippen LogP contribution is 2.33. The lowest BCUT2D eigenvalue weighted by molar-refractivity contribution is -0.134. The average molecular weight is 392 g/mol. The number of hydrogen-bond donors (Lipinski definition) is 0. The molecule has 1 unspecified atom stereocenters. The number of hydrogen-bond acceptors (Lipinski definition) is 4. The third-order valence-electron chi connectivity index (χ3n) is 5.83. The van der Waals surface area contributed by atoms with E-state index in [4.69, 9.17) is 9.84 Å². The van der Waals surface area contributed by atoms with Crippen LogP contribution in [0.2, 0.25) is 0 Å². The van der Waals surface area contributed by atoms with Gasteiger partial charge in [-0.2, -0.15) is 5.10 Å². The van der Waals surface area contributed by atoms with Gasteiger partial charge in [0.25, 0.3) is 5.91 Å². The number of benzene rings is 2. The topological polar surface area (TPSA) is 45.1 Å². The summed E-state index contributed by atoms with van der Waals surface area (Å²) in [6, 6.07) is 18.1. The highest BCUT2D eigenvalue weighted by atomic mass is 16.5. The van der Waals surface area contributed by atoms with Crippen molar-refractivity contribution in [3.05, 3.63) is 65.7 Å². The summed E-state index contributed by atoms with van der Waals surface area (Å²) >= 11 is 0. The molecule has 1 amide bonds. The number of methoxy groups -OCH3 is 1. The number of nitrogens with zero attached hydrogens (tertiary/aromatic N) is 3. The van der Waals surface area contributed by atoms with Gasteiger partial charge in [0.05, 0.1) is 25.4 Å². The maximum absolute atomic E-state index is 13.3. The van der Waals surface area contributed by atoms with Crippen molar-refractivity contribution >= 4 is 11.6 Å². The molecule has 4 rings (SSSR count). The van der Waals surface area contributed by atoms with E-state index < -0.39 is 0 Å². The van der Waals surface area contributed by atoms with Gasteiger partial charge in [-0.25, -0.2) is 5.01 Å². The molecule has 2 aromatic carbocycles. The second-order valence-electron chi connectivity index (χ2n) is 7.83. The first-order chi connectivity index (χ1) is 14.2. The van der Waals surface area contributed by atoms with Crippen molar-refractivity contribution in [2.75, 3.05) is 26.7 Å². The molecule has 0 N–H and O–H groups in total. The van der Waals surface area contributed by atoms with E-state index in [1.54, 1.807) is 12.1 Å². The van der Waals surface area contributed by atoms with Gasteiger partial charge in [0.15, 0.2) is 0 Å². The summed E-state index contributed by atoms with van der Waals surface area (Å²) in [7, 11) is 1.66. The lowest BCUT2D eigenvalue weighted by atomic mass is 9.98. The van der Waals surface area contributed by atoms with Crippen LogP contribution in [-0.2, 0) is 4.79 Å². The molecule has 0 aliphatic carbocycles. The number of amides is 1. The number of rotatable bonds is 5. The molecule has 0 aromatic heterocycles. The summed E-state index contributed by atoms with van der Waals surface area (Å²) in [6.45, 7) is 2.45. The van der Waals surface area contributed by atoms with E-state index in [0.717, 1.165) is 42.1 Å². The van der Waals surface area contributed by atoms with E-state index in [0.29, 0.717) is 6.54 Å². The molecule has 5 nitrogen and oxygen atoms in total. The fourth-order valence-corrected chi connectivity index (χ4v) is 4.19.